The number of carbonyl (C=O) groups is 3. The summed E-state index contributed by atoms with van der Waals surface area (Å²) in [6.07, 6.45) is 0. The molecule has 5 rings (SSSR count). The molecule has 1 aliphatic heterocycles. The molecule has 2 amide bonds. The van der Waals surface area contributed by atoms with Crippen molar-refractivity contribution >= 4 is 51.7 Å². The van der Waals surface area contributed by atoms with Gasteiger partial charge in [0.2, 0.25) is 11.7 Å². The van der Waals surface area contributed by atoms with E-state index in [-0.39, 0.29) is 17.4 Å². The summed E-state index contributed by atoms with van der Waals surface area (Å²) in [5, 5.41) is 3.42. The Bertz CT molecular complexity index is 1490. The van der Waals surface area contributed by atoms with Crippen LogP contribution in [0, 0.1) is 0 Å². The van der Waals surface area contributed by atoms with Crippen LogP contribution in [0.25, 0.3) is 11.0 Å². The SMILES string of the molecule is COc1cccc(C(=O)c2oc3ccccc3c2NC(=O)C2(C)Sc3ccccc3N(C)C2=O)c1. The quantitative estimate of drug-likeness (QED) is 0.310. The molecule has 176 valence electrons. The van der Waals surface area contributed by atoms with Crippen LogP contribution < -0.4 is 15.0 Å². The van der Waals surface area contributed by atoms with E-state index in [0.717, 1.165) is 10.6 Å². The highest BCUT2D eigenvalue weighted by Gasteiger charge is 2.48. The van der Waals surface area contributed by atoms with E-state index in [4.69, 9.17) is 9.15 Å². The molecule has 0 radical (unpaired) electrons. The van der Waals surface area contributed by atoms with E-state index in [2.05, 4.69) is 5.32 Å². The van der Waals surface area contributed by atoms with Crippen molar-refractivity contribution in [2.75, 3.05) is 24.4 Å². The number of methoxy groups -OCH3 is 1. The van der Waals surface area contributed by atoms with Crippen LogP contribution in [0.3, 0.4) is 0 Å². The Morgan fingerprint density at radius 1 is 1.03 bits per heavy atom. The van der Waals surface area contributed by atoms with E-state index in [1.165, 1.54) is 23.8 Å². The predicted octanol–water partition coefficient (Wildman–Crippen LogP) is 5.14. The molecule has 0 saturated carbocycles. The number of carbonyl (C=O) groups excluding carboxylic acids is 3. The Morgan fingerprint density at radius 3 is 2.57 bits per heavy atom. The molecule has 0 spiro atoms. The Balaban J connectivity index is 1.56. The van der Waals surface area contributed by atoms with Crippen molar-refractivity contribution in [2.45, 2.75) is 16.6 Å². The fourth-order valence-corrected chi connectivity index (χ4v) is 5.38. The van der Waals surface area contributed by atoms with Gasteiger partial charge in [-0.25, -0.2) is 0 Å². The molecular weight excluding hydrogens is 464 g/mol. The second-order valence-electron chi connectivity index (χ2n) is 8.28. The molecule has 8 heteroatoms. The third-order valence-electron chi connectivity index (χ3n) is 6.06. The van der Waals surface area contributed by atoms with Crippen LogP contribution in [-0.4, -0.2) is 36.5 Å². The zero-order chi connectivity index (χ0) is 24.7. The number of hydrogen-bond acceptors (Lipinski definition) is 6. The van der Waals surface area contributed by atoms with Crippen molar-refractivity contribution in [3.8, 4) is 5.75 Å². The number of furan rings is 1. The summed E-state index contributed by atoms with van der Waals surface area (Å²) in [5.74, 6) is -0.799. The fraction of sp³-hybridized carbons (Fsp3) is 0.148. The Hall–Kier alpha value is -4.04. The van der Waals surface area contributed by atoms with Crippen LogP contribution in [0.4, 0.5) is 11.4 Å². The summed E-state index contributed by atoms with van der Waals surface area (Å²) in [7, 11) is 3.17. The highest BCUT2D eigenvalue weighted by Crippen LogP contribution is 2.45. The molecule has 0 aliphatic carbocycles. The summed E-state index contributed by atoms with van der Waals surface area (Å²) in [6.45, 7) is 1.59. The van der Waals surface area contributed by atoms with Gasteiger partial charge < -0.3 is 19.4 Å². The van der Waals surface area contributed by atoms with Crippen LogP contribution >= 0.6 is 11.8 Å². The van der Waals surface area contributed by atoms with E-state index >= 15 is 0 Å². The van der Waals surface area contributed by atoms with Crippen LogP contribution in [-0.2, 0) is 9.59 Å². The molecule has 1 aliphatic rings. The maximum Gasteiger partial charge on any atom is 0.252 e. The Morgan fingerprint density at radius 2 is 1.77 bits per heavy atom. The van der Waals surface area contributed by atoms with Crippen molar-refractivity contribution < 1.29 is 23.5 Å². The van der Waals surface area contributed by atoms with Crippen LogP contribution in [0.2, 0.25) is 0 Å². The lowest BCUT2D eigenvalue weighted by Gasteiger charge is -2.36. The number of benzene rings is 3. The zero-order valence-corrected chi connectivity index (χ0v) is 20.1. The van der Waals surface area contributed by atoms with Crippen LogP contribution in [0.1, 0.15) is 23.0 Å². The molecule has 0 fully saturated rings. The minimum absolute atomic E-state index is 0.0154. The first-order valence-corrected chi connectivity index (χ1v) is 11.7. The summed E-state index contributed by atoms with van der Waals surface area (Å²) in [5.41, 5.74) is 1.77. The third-order valence-corrected chi connectivity index (χ3v) is 7.39. The number of hydrogen-bond donors (Lipinski definition) is 1. The van der Waals surface area contributed by atoms with Gasteiger partial charge in [-0.05, 0) is 43.3 Å². The number of ether oxygens (including phenoxy) is 1. The zero-order valence-electron chi connectivity index (χ0n) is 19.3. The Labute approximate surface area is 206 Å². The highest BCUT2D eigenvalue weighted by atomic mass is 32.2. The van der Waals surface area contributed by atoms with Crippen LogP contribution in [0.5, 0.6) is 5.75 Å². The molecule has 7 nitrogen and oxygen atoms in total. The van der Waals surface area contributed by atoms with E-state index in [1.807, 2.05) is 24.3 Å². The lowest BCUT2D eigenvalue weighted by Crippen LogP contribution is -2.53. The van der Waals surface area contributed by atoms with Gasteiger partial charge in [-0.1, -0.05) is 48.2 Å². The number of amides is 2. The van der Waals surface area contributed by atoms with E-state index in [1.54, 1.807) is 62.5 Å². The lowest BCUT2D eigenvalue weighted by molar-refractivity contribution is -0.128. The largest absolute Gasteiger partial charge is 0.497 e. The number of anilines is 2. The van der Waals surface area contributed by atoms with Crippen LogP contribution in [0.15, 0.2) is 82.1 Å². The highest BCUT2D eigenvalue weighted by molar-refractivity contribution is 8.02. The van der Waals surface area contributed by atoms with Crippen molar-refractivity contribution in [1.82, 2.24) is 0 Å². The molecule has 4 aromatic rings. The van der Waals surface area contributed by atoms with Gasteiger partial charge in [0.05, 0.1) is 18.5 Å². The van der Waals surface area contributed by atoms with Gasteiger partial charge in [0.25, 0.3) is 5.91 Å². The van der Waals surface area contributed by atoms with E-state index < -0.39 is 16.4 Å². The first kappa shape index (κ1) is 22.7. The van der Waals surface area contributed by atoms with Gasteiger partial charge in [-0.15, -0.1) is 0 Å². The molecule has 1 atom stereocenters. The average molecular weight is 487 g/mol. The fourth-order valence-electron chi connectivity index (χ4n) is 4.11. The molecule has 1 unspecified atom stereocenters. The molecule has 1 aromatic heterocycles. The van der Waals surface area contributed by atoms with Crippen molar-refractivity contribution in [2.24, 2.45) is 0 Å². The second kappa shape index (κ2) is 8.63. The minimum atomic E-state index is -1.45. The molecule has 3 aromatic carbocycles. The number of nitrogens with zero attached hydrogens (tertiary/aromatic N) is 1. The monoisotopic (exact) mass is 486 g/mol. The summed E-state index contributed by atoms with van der Waals surface area (Å²) < 4.78 is 9.70. The molecule has 2 heterocycles. The molecule has 0 saturated heterocycles. The second-order valence-corrected chi connectivity index (χ2v) is 9.75. The standard InChI is InChI=1S/C27H22N2O5S/c1-27(26(32)29(2)19-12-5-7-14-21(19)35-27)25(31)28-22-18-11-4-6-13-20(18)34-24(22)23(30)16-9-8-10-17(15-16)33-3/h4-15H,1-3H3,(H,28,31). The first-order chi connectivity index (χ1) is 16.8. The van der Waals surface area contributed by atoms with Gasteiger partial charge in [0, 0.05) is 22.9 Å². The number of fused-ring (bicyclic) bond motifs is 2. The van der Waals surface area contributed by atoms with E-state index in [0.29, 0.717) is 22.3 Å². The molecule has 0 bridgehead atoms. The van der Waals surface area contributed by atoms with Gasteiger partial charge in [0.15, 0.2) is 10.5 Å². The normalized spacial score (nSPS) is 17.2. The topological polar surface area (TPSA) is 88.8 Å². The molecule has 1 N–H and O–H groups in total. The van der Waals surface area contributed by atoms with Crippen molar-refractivity contribution in [3.63, 3.8) is 0 Å². The first-order valence-electron chi connectivity index (χ1n) is 10.9. The van der Waals surface area contributed by atoms with Gasteiger partial charge >= 0.3 is 0 Å². The maximum absolute atomic E-state index is 13.7. The minimum Gasteiger partial charge on any atom is -0.497 e. The number of ketones is 1. The number of para-hydroxylation sites is 2. The summed E-state index contributed by atoms with van der Waals surface area (Å²) in [6, 6.07) is 21.2. The summed E-state index contributed by atoms with van der Waals surface area (Å²) in [4.78, 5) is 42.7. The van der Waals surface area contributed by atoms with Crippen molar-refractivity contribution in [1.29, 1.82) is 0 Å². The number of nitrogens with one attached hydrogen (secondary N) is 1. The molecular formula is C27H22N2O5S. The van der Waals surface area contributed by atoms with Gasteiger partial charge in [0.1, 0.15) is 11.3 Å². The number of rotatable bonds is 5. The van der Waals surface area contributed by atoms with Gasteiger partial charge in [-0.2, -0.15) is 0 Å². The maximum atomic E-state index is 13.7. The smallest absolute Gasteiger partial charge is 0.252 e. The number of thioether (sulfide) groups is 1. The lowest BCUT2D eigenvalue weighted by atomic mass is 10.0. The van der Waals surface area contributed by atoms with Gasteiger partial charge in [-0.3, -0.25) is 14.4 Å². The average Bonchev–Trinajstić information content (AvgIpc) is 3.25. The summed E-state index contributed by atoms with van der Waals surface area (Å²) >= 11 is 1.19. The van der Waals surface area contributed by atoms with Crippen molar-refractivity contribution in [3.05, 3.63) is 84.1 Å². The van der Waals surface area contributed by atoms with E-state index in [9.17, 15) is 14.4 Å². The predicted molar refractivity (Wildman–Crippen MR) is 135 cm³/mol. The molecule has 35 heavy (non-hydrogen) atoms. The Kier molecular flexibility index (Phi) is 5.61. The third kappa shape index (κ3) is 3.76.